The highest BCUT2D eigenvalue weighted by Crippen LogP contribution is 2.15. The first-order chi connectivity index (χ1) is 9.06. The standard InChI is InChI=1S/C14H16BrN3O/c1-10-8-14(19)18(11(2)17-10)7-6-16-13-5-3-4-12(15)9-13/h3-5,8-9,16H,6-7H2,1-2H3. The van der Waals surface area contributed by atoms with Gasteiger partial charge in [0.15, 0.2) is 0 Å². The van der Waals surface area contributed by atoms with Gasteiger partial charge in [0.25, 0.3) is 5.56 Å². The van der Waals surface area contributed by atoms with Crippen molar-refractivity contribution in [1.29, 1.82) is 0 Å². The van der Waals surface area contributed by atoms with Gasteiger partial charge in [-0.2, -0.15) is 0 Å². The highest BCUT2D eigenvalue weighted by atomic mass is 79.9. The molecule has 2 aromatic rings. The van der Waals surface area contributed by atoms with Gasteiger partial charge in [0.2, 0.25) is 0 Å². The molecule has 0 fully saturated rings. The van der Waals surface area contributed by atoms with Crippen LogP contribution in [-0.4, -0.2) is 16.1 Å². The fourth-order valence-electron chi connectivity index (χ4n) is 1.95. The van der Waals surface area contributed by atoms with Crippen molar-refractivity contribution >= 4 is 21.6 Å². The van der Waals surface area contributed by atoms with Crippen molar-refractivity contribution in [2.24, 2.45) is 0 Å². The van der Waals surface area contributed by atoms with Crippen LogP contribution in [0.15, 0.2) is 39.6 Å². The predicted octanol–water partition coefficient (Wildman–Crippen LogP) is 2.73. The molecule has 1 N–H and O–H groups in total. The average Bonchev–Trinajstić information content (AvgIpc) is 2.32. The average molecular weight is 322 g/mol. The number of rotatable bonds is 4. The van der Waals surface area contributed by atoms with Crippen molar-refractivity contribution < 1.29 is 0 Å². The van der Waals surface area contributed by atoms with Crippen molar-refractivity contribution in [2.75, 3.05) is 11.9 Å². The summed E-state index contributed by atoms with van der Waals surface area (Å²) in [5, 5.41) is 3.29. The predicted molar refractivity (Wildman–Crippen MR) is 80.6 cm³/mol. The smallest absolute Gasteiger partial charge is 0.253 e. The van der Waals surface area contributed by atoms with E-state index in [0.717, 1.165) is 21.7 Å². The van der Waals surface area contributed by atoms with E-state index in [1.807, 2.05) is 38.1 Å². The molecule has 2 rings (SSSR count). The molecule has 0 aliphatic rings. The summed E-state index contributed by atoms with van der Waals surface area (Å²) in [5.74, 6) is 0.751. The maximum Gasteiger partial charge on any atom is 0.253 e. The van der Waals surface area contributed by atoms with Gasteiger partial charge in [-0.15, -0.1) is 0 Å². The maximum atomic E-state index is 11.8. The zero-order valence-electron chi connectivity index (χ0n) is 11.0. The molecule has 5 heteroatoms. The Balaban J connectivity index is 2.02. The van der Waals surface area contributed by atoms with Crippen molar-refractivity contribution in [3.8, 4) is 0 Å². The zero-order chi connectivity index (χ0) is 13.8. The van der Waals surface area contributed by atoms with Crippen molar-refractivity contribution in [3.63, 3.8) is 0 Å². The molecule has 0 spiro atoms. The number of anilines is 1. The Hall–Kier alpha value is -1.62. The fourth-order valence-corrected chi connectivity index (χ4v) is 2.35. The summed E-state index contributed by atoms with van der Waals surface area (Å²) in [4.78, 5) is 16.1. The van der Waals surface area contributed by atoms with E-state index in [0.29, 0.717) is 13.1 Å². The van der Waals surface area contributed by atoms with Crippen LogP contribution in [0.2, 0.25) is 0 Å². The molecule has 0 saturated carbocycles. The van der Waals surface area contributed by atoms with Crippen LogP contribution >= 0.6 is 15.9 Å². The number of nitrogens with one attached hydrogen (secondary N) is 1. The van der Waals surface area contributed by atoms with Gasteiger partial charge in [0.1, 0.15) is 5.82 Å². The quantitative estimate of drug-likeness (QED) is 0.941. The van der Waals surface area contributed by atoms with Gasteiger partial charge in [0.05, 0.1) is 0 Å². The number of hydrogen-bond donors (Lipinski definition) is 1. The molecule has 0 aliphatic carbocycles. The van der Waals surface area contributed by atoms with Gasteiger partial charge in [-0.1, -0.05) is 22.0 Å². The first kappa shape index (κ1) is 13.8. The number of aromatic nitrogens is 2. The third kappa shape index (κ3) is 3.67. The summed E-state index contributed by atoms with van der Waals surface area (Å²) in [7, 11) is 0. The SMILES string of the molecule is Cc1cc(=O)n(CCNc2cccc(Br)c2)c(C)n1. The minimum Gasteiger partial charge on any atom is -0.383 e. The van der Waals surface area contributed by atoms with Crippen LogP contribution in [0.3, 0.4) is 0 Å². The van der Waals surface area contributed by atoms with Gasteiger partial charge in [-0.25, -0.2) is 4.98 Å². The van der Waals surface area contributed by atoms with Gasteiger partial charge in [0, 0.05) is 35.0 Å². The van der Waals surface area contributed by atoms with E-state index in [-0.39, 0.29) is 5.56 Å². The van der Waals surface area contributed by atoms with Crippen molar-refractivity contribution in [3.05, 3.63) is 56.7 Å². The molecular formula is C14H16BrN3O. The molecule has 1 aromatic carbocycles. The lowest BCUT2D eigenvalue weighted by atomic mass is 10.3. The summed E-state index contributed by atoms with van der Waals surface area (Å²) in [6.07, 6.45) is 0. The van der Waals surface area contributed by atoms with Crippen LogP contribution in [-0.2, 0) is 6.54 Å². The summed E-state index contributed by atoms with van der Waals surface area (Å²) < 4.78 is 2.71. The number of halogens is 1. The van der Waals surface area contributed by atoms with Crippen molar-refractivity contribution in [2.45, 2.75) is 20.4 Å². The Morgan fingerprint density at radius 2 is 2.11 bits per heavy atom. The lowest BCUT2D eigenvalue weighted by Gasteiger charge is -2.11. The van der Waals surface area contributed by atoms with Crippen LogP contribution in [0, 0.1) is 13.8 Å². The van der Waals surface area contributed by atoms with E-state index < -0.39 is 0 Å². The first-order valence-corrected chi connectivity index (χ1v) is 6.90. The van der Waals surface area contributed by atoms with Gasteiger partial charge in [-0.05, 0) is 32.0 Å². The summed E-state index contributed by atoms with van der Waals surface area (Å²) in [6, 6.07) is 9.50. The highest BCUT2D eigenvalue weighted by Gasteiger charge is 2.02. The minimum absolute atomic E-state index is 0.000965. The second kappa shape index (κ2) is 6.02. The normalized spacial score (nSPS) is 10.5. The van der Waals surface area contributed by atoms with Crippen LogP contribution in [0.4, 0.5) is 5.69 Å². The van der Waals surface area contributed by atoms with E-state index in [2.05, 4.69) is 26.2 Å². The molecule has 1 heterocycles. The van der Waals surface area contributed by atoms with E-state index in [1.165, 1.54) is 0 Å². The van der Waals surface area contributed by atoms with Crippen LogP contribution in [0.5, 0.6) is 0 Å². The van der Waals surface area contributed by atoms with Crippen LogP contribution in [0.1, 0.15) is 11.5 Å². The summed E-state index contributed by atoms with van der Waals surface area (Å²) >= 11 is 3.42. The number of aryl methyl sites for hydroxylation is 2. The lowest BCUT2D eigenvalue weighted by Crippen LogP contribution is -2.26. The van der Waals surface area contributed by atoms with Crippen molar-refractivity contribution in [1.82, 2.24) is 9.55 Å². The lowest BCUT2D eigenvalue weighted by molar-refractivity contribution is 0.648. The van der Waals surface area contributed by atoms with E-state index in [4.69, 9.17) is 0 Å². The summed E-state index contributed by atoms with van der Waals surface area (Å²) in [6.45, 7) is 4.97. The van der Waals surface area contributed by atoms with E-state index >= 15 is 0 Å². The fraction of sp³-hybridized carbons (Fsp3) is 0.286. The van der Waals surface area contributed by atoms with Crippen LogP contribution in [0.25, 0.3) is 0 Å². The van der Waals surface area contributed by atoms with Gasteiger partial charge in [-0.3, -0.25) is 9.36 Å². The second-order valence-electron chi connectivity index (χ2n) is 4.37. The summed E-state index contributed by atoms with van der Waals surface area (Å²) in [5.41, 5.74) is 1.79. The largest absolute Gasteiger partial charge is 0.383 e. The molecule has 0 unspecified atom stereocenters. The number of nitrogens with zero attached hydrogens (tertiary/aromatic N) is 2. The highest BCUT2D eigenvalue weighted by molar-refractivity contribution is 9.10. The molecular weight excluding hydrogens is 306 g/mol. The third-order valence-corrected chi connectivity index (χ3v) is 3.31. The molecule has 0 amide bonds. The first-order valence-electron chi connectivity index (χ1n) is 6.11. The Kier molecular flexibility index (Phi) is 4.37. The Bertz CT molecular complexity index is 637. The number of benzene rings is 1. The Morgan fingerprint density at radius 3 is 2.79 bits per heavy atom. The third-order valence-electron chi connectivity index (χ3n) is 2.82. The zero-order valence-corrected chi connectivity index (χ0v) is 12.6. The van der Waals surface area contributed by atoms with E-state index in [1.54, 1.807) is 10.6 Å². The Morgan fingerprint density at radius 1 is 1.32 bits per heavy atom. The molecule has 100 valence electrons. The number of hydrogen-bond acceptors (Lipinski definition) is 3. The molecule has 0 bridgehead atoms. The van der Waals surface area contributed by atoms with Gasteiger partial charge >= 0.3 is 0 Å². The van der Waals surface area contributed by atoms with E-state index in [9.17, 15) is 4.79 Å². The molecule has 0 saturated heterocycles. The second-order valence-corrected chi connectivity index (χ2v) is 5.29. The molecule has 0 atom stereocenters. The van der Waals surface area contributed by atoms with Crippen LogP contribution < -0.4 is 10.9 Å². The topological polar surface area (TPSA) is 46.9 Å². The maximum absolute atomic E-state index is 11.8. The molecule has 4 nitrogen and oxygen atoms in total. The minimum atomic E-state index is 0.000965. The molecule has 0 aliphatic heterocycles. The van der Waals surface area contributed by atoms with Gasteiger partial charge < -0.3 is 5.32 Å². The Labute approximate surface area is 120 Å². The molecule has 19 heavy (non-hydrogen) atoms. The molecule has 0 radical (unpaired) electrons. The monoisotopic (exact) mass is 321 g/mol. The molecule has 1 aromatic heterocycles.